The second-order valence-electron chi connectivity index (χ2n) is 4.33. The van der Waals surface area contributed by atoms with E-state index < -0.39 is 12.1 Å². The Morgan fingerprint density at radius 3 is 2.81 bits per heavy atom. The van der Waals surface area contributed by atoms with Gasteiger partial charge in [0.2, 0.25) is 5.76 Å². The minimum absolute atomic E-state index is 0.138. The van der Waals surface area contributed by atoms with Crippen molar-refractivity contribution >= 4 is 5.97 Å². The third kappa shape index (κ3) is 2.11. The number of methoxy groups -OCH3 is 1. The van der Waals surface area contributed by atoms with E-state index in [1.54, 1.807) is 6.07 Å². The molecule has 1 N–H and O–H groups in total. The predicted octanol–water partition coefficient (Wildman–Crippen LogP) is 2.15. The molecule has 0 spiro atoms. The predicted molar refractivity (Wildman–Crippen MR) is 56.9 cm³/mol. The molecule has 1 saturated carbocycles. The number of carbonyl (C=O) groups is 1. The lowest BCUT2D eigenvalue weighted by atomic mass is 9.98. The Hall–Kier alpha value is -1.29. The highest BCUT2D eigenvalue weighted by Crippen LogP contribution is 2.42. The van der Waals surface area contributed by atoms with E-state index in [9.17, 15) is 9.90 Å². The highest BCUT2D eigenvalue weighted by Gasteiger charge is 2.34. The summed E-state index contributed by atoms with van der Waals surface area (Å²) in [6.45, 7) is 2.00. The summed E-state index contributed by atoms with van der Waals surface area (Å²) in [6, 6.07) is 3.17. The lowest BCUT2D eigenvalue weighted by Crippen LogP contribution is -2.10. The lowest BCUT2D eigenvalue weighted by Gasteiger charge is -2.15. The Morgan fingerprint density at radius 2 is 2.25 bits per heavy atom. The van der Waals surface area contributed by atoms with Crippen LogP contribution < -0.4 is 0 Å². The van der Waals surface area contributed by atoms with Gasteiger partial charge in [0.15, 0.2) is 0 Å². The molecule has 0 aliphatic heterocycles. The quantitative estimate of drug-likeness (QED) is 0.796. The molecule has 1 heterocycles. The summed E-state index contributed by atoms with van der Waals surface area (Å²) in [5, 5.41) is 10.0. The Balaban J connectivity index is 2.08. The van der Waals surface area contributed by atoms with Gasteiger partial charge in [0.1, 0.15) is 11.9 Å². The van der Waals surface area contributed by atoms with Crippen molar-refractivity contribution in [2.24, 2.45) is 11.8 Å². The number of aliphatic hydroxyl groups excluding tert-OH is 1. The van der Waals surface area contributed by atoms with Crippen molar-refractivity contribution in [3.05, 3.63) is 23.7 Å². The third-order valence-electron chi connectivity index (χ3n) is 3.17. The fraction of sp³-hybridized carbons (Fsp3) is 0.583. The van der Waals surface area contributed by atoms with Crippen LogP contribution in [-0.4, -0.2) is 18.2 Å². The average Bonchev–Trinajstić information content (AvgIpc) is 3.03. The summed E-state index contributed by atoms with van der Waals surface area (Å²) >= 11 is 0. The summed E-state index contributed by atoms with van der Waals surface area (Å²) in [4.78, 5) is 11.2. The second-order valence-corrected chi connectivity index (χ2v) is 4.33. The second kappa shape index (κ2) is 4.29. The van der Waals surface area contributed by atoms with Gasteiger partial charge in [0, 0.05) is 0 Å². The lowest BCUT2D eigenvalue weighted by molar-refractivity contribution is 0.0534. The van der Waals surface area contributed by atoms with Gasteiger partial charge in [0.25, 0.3) is 0 Å². The molecule has 1 aromatic heterocycles. The Labute approximate surface area is 94.2 Å². The molecule has 0 bridgehead atoms. The standard InChI is InChI=1S/C12H16O4/c1-7(8-3-4-8)11(13)9-5-6-10(16-9)12(14)15-2/h5-8,11,13H,3-4H2,1-2H3. The molecule has 16 heavy (non-hydrogen) atoms. The van der Waals surface area contributed by atoms with Crippen LogP contribution in [0.2, 0.25) is 0 Å². The number of esters is 1. The first-order chi connectivity index (χ1) is 7.63. The van der Waals surface area contributed by atoms with Gasteiger partial charge in [-0.3, -0.25) is 0 Å². The van der Waals surface area contributed by atoms with Crippen LogP contribution in [0.3, 0.4) is 0 Å². The van der Waals surface area contributed by atoms with Crippen LogP contribution in [0, 0.1) is 11.8 Å². The molecule has 1 aromatic rings. The molecule has 88 valence electrons. The van der Waals surface area contributed by atoms with E-state index in [2.05, 4.69) is 4.74 Å². The summed E-state index contributed by atoms with van der Waals surface area (Å²) in [6.07, 6.45) is 1.71. The molecule has 1 aliphatic carbocycles. The summed E-state index contributed by atoms with van der Waals surface area (Å²) in [7, 11) is 1.30. The van der Waals surface area contributed by atoms with Gasteiger partial charge in [-0.2, -0.15) is 0 Å². The van der Waals surface area contributed by atoms with Crippen molar-refractivity contribution in [3.8, 4) is 0 Å². The summed E-state index contributed by atoms with van der Waals surface area (Å²) in [5.74, 6) is 0.829. The molecule has 0 aromatic carbocycles. The van der Waals surface area contributed by atoms with Crippen molar-refractivity contribution in [2.45, 2.75) is 25.9 Å². The number of aliphatic hydroxyl groups is 1. The van der Waals surface area contributed by atoms with Crippen molar-refractivity contribution in [3.63, 3.8) is 0 Å². The maximum atomic E-state index is 11.2. The van der Waals surface area contributed by atoms with Crippen LogP contribution in [0.1, 0.15) is 42.2 Å². The number of carbonyl (C=O) groups excluding carboxylic acids is 1. The molecule has 4 nitrogen and oxygen atoms in total. The fourth-order valence-corrected chi connectivity index (χ4v) is 1.86. The van der Waals surface area contributed by atoms with E-state index in [1.165, 1.54) is 26.0 Å². The maximum absolute atomic E-state index is 11.2. The molecule has 2 atom stereocenters. The van der Waals surface area contributed by atoms with Gasteiger partial charge in [-0.05, 0) is 36.8 Å². The van der Waals surface area contributed by atoms with Crippen LogP contribution >= 0.6 is 0 Å². The van der Waals surface area contributed by atoms with Crippen LogP contribution in [-0.2, 0) is 4.74 Å². The van der Waals surface area contributed by atoms with E-state index in [0.717, 1.165) is 0 Å². The van der Waals surface area contributed by atoms with Crippen molar-refractivity contribution in [1.29, 1.82) is 0 Å². The molecule has 1 fully saturated rings. The molecule has 1 aliphatic rings. The van der Waals surface area contributed by atoms with Crippen molar-refractivity contribution in [1.82, 2.24) is 0 Å². The summed E-state index contributed by atoms with van der Waals surface area (Å²) < 4.78 is 9.81. The minimum atomic E-state index is -0.633. The van der Waals surface area contributed by atoms with Gasteiger partial charge >= 0.3 is 5.97 Å². The van der Waals surface area contributed by atoms with Gasteiger partial charge in [-0.1, -0.05) is 6.92 Å². The molecular weight excluding hydrogens is 208 g/mol. The van der Waals surface area contributed by atoms with Crippen LogP contribution in [0.25, 0.3) is 0 Å². The highest BCUT2D eigenvalue weighted by atomic mass is 16.5. The summed E-state index contributed by atoms with van der Waals surface area (Å²) in [5.41, 5.74) is 0. The maximum Gasteiger partial charge on any atom is 0.373 e. The smallest absolute Gasteiger partial charge is 0.373 e. The Morgan fingerprint density at radius 1 is 1.56 bits per heavy atom. The zero-order valence-electron chi connectivity index (χ0n) is 9.47. The molecule has 0 radical (unpaired) electrons. The molecule has 4 heteroatoms. The number of rotatable bonds is 4. The van der Waals surface area contributed by atoms with Crippen LogP contribution in [0.4, 0.5) is 0 Å². The SMILES string of the molecule is COC(=O)c1ccc(C(O)C(C)C2CC2)o1. The number of ether oxygens (including phenoxy) is 1. The van der Waals surface area contributed by atoms with E-state index >= 15 is 0 Å². The topological polar surface area (TPSA) is 59.7 Å². The number of furan rings is 1. The Kier molecular flexibility index (Phi) is 3.01. The molecule has 2 rings (SSSR count). The first-order valence-corrected chi connectivity index (χ1v) is 5.49. The zero-order chi connectivity index (χ0) is 11.7. The first-order valence-electron chi connectivity index (χ1n) is 5.49. The minimum Gasteiger partial charge on any atom is -0.463 e. The monoisotopic (exact) mass is 224 g/mol. The molecule has 0 amide bonds. The molecule has 2 unspecified atom stereocenters. The zero-order valence-corrected chi connectivity index (χ0v) is 9.47. The third-order valence-corrected chi connectivity index (χ3v) is 3.17. The first kappa shape index (κ1) is 11.2. The molecule has 0 saturated heterocycles. The van der Waals surface area contributed by atoms with E-state index in [0.29, 0.717) is 11.7 Å². The van der Waals surface area contributed by atoms with E-state index in [4.69, 9.17) is 4.42 Å². The van der Waals surface area contributed by atoms with Crippen molar-refractivity contribution < 1.29 is 19.1 Å². The van der Waals surface area contributed by atoms with E-state index in [1.807, 2.05) is 6.92 Å². The van der Waals surface area contributed by atoms with Gasteiger partial charge in [0.05, 0.1) is 7.11 Å². The largest absolute Gasteiger partial charge is 0.463 e. The van der Waals surface area contributed by atoms with Gasteiger partial charge in [-0.25, -0.2) is 4.79 Å². The number of hydrogen-bond donors (Lipinski definition) is 1. The van der Waals surface area contributed by atoms with Crippen molar-refractivity contribution in [2.75, 3.05) is 7.11 Å². The average molecular weight is 224 g/mol. The van der Waals surface area contributed by atoms with Gasteiger partial charge < -0.3 is 14.3 Å². The van der Waals surface area contributed by atoms with Crippen LogP contribution in [0.15, 0.2) is 16.5 Å². The molecular formula is C12H16O4. The fourth-order valence-electron chi connectivity index (χ4n) is 1.86. The Bertz CT molecular complexity index is 378. The van der Waals surface area contributed by atoms with Gasteiger partial charge in [-0.15, -0.1) is 0 Å². The van der Waals surface area contributed by atoms with E-state index in [-0.39, 0.29) is 11.7 Å². The van der Waals surface area contributed by atoms with Crippen LogP contribution in [0.5, 0.6) is 0 Å². The number of hydrogen-bond acceptors (Lipinski definition) is 4. The highest BCUT2D eigenvalue weighted by molar-refractivity contribution is 5.86. The normalized spacial score (nSPS) is 19.2.